The van der Waals surface area contributed by atoms with Crippen LogP contribution in [0.3, 0.4) is 0 Å². The van der Waals surface area contributed by atoms with Crippen molar-refractivity contribution in [2.45, 2.75) is 44.1 Å². The van der Waals surface area contributed by atoms with Gasteiger partial charge < -0.3 is 15.2 Å². The minimum Gasteiger partial charge on any atom is -0.481 e. The minimum atomic E-state index is -0.233. The first-order chi connectivity index (χ1) is 8.72. The topological polar surface area (TPSA) is 70.3 Å². The third kappa shape index (κ3) is 3.57. The molecule has 1 aromatic rings. The zero-order chi connectivity index (χ0) is 12.8. The smallest absolute Gasteiger partial charge is 0.319 e. The van der Waals surface area contributed by atoms with Crippen LogP contribution in [0.1, 0.15) is 38.5 Å². The molecule has 2 rings (SSSR count). The zero-order valence-corrected chi connectivity index (χ0v) is 10.9. The summed E-state index contributed by atoms with van der Waals surface area (Å²) in [7, 11) is 1.57. The summed E-state index contributed by atoms with van der Waals surface area (Å²) in [5, 5.41) is 0. The van der Waals surface area contributed by atoms with E-state index < -0.39 is 0 Å². The fourth-order valence-electron chi connectivity index (χ4n) is 2.29. The van der Waals surface area contributed by atoms with E-state index in [4.69, 9.17) is 15.2 Å². The van der Waals surface area contributed by atoms with Crippen molar-refractivity contribution in [1.82, 2.24) is 9.97 Å². The second kappa shape index (κ2) is 6.00. The molecule has 0 saturated heterocycles. The summed E-state index contributed by atoms with van der Waals surface area (Å²) in [5.41, 5.74) is 6.13. The maximum atomic E-state index is 6.37. The number of nitrogens with zero attached hydrogens (tertiary/aromatic N) is 2. The van der Waals surface area contributed by atoms with Crippen LogP contribution in [0, 0.1) is 0 Å². The summed E-state index contributed by atoms with van der Waals surface area (Å²) in [6.07, 6.45) is 8.55. The van der Waals surface area contributed by atoms with Gasteiger partial charge in [-0.2, -0.15) is 4.98 Å². The predicted molar refractivity (Wildman–Crippen MR) is 68.7 cm³/mol. The number of methoxy groups -OCH3 is 1. The van der Waals surface area contributed by atoms with Crippen LogP contribution < -0.4 is 15.2 Å². The van der Waals surface area contributed by atoms with Crippen molar-refractivity contribution >= 4 is 0 Å². The van der Waals surface area contributed by atoms with Crippen LogP contribution in [-0.2, 0) is 0 Å². The van der Waals surface area contributed by atoms with Gasteiger partial charge in [0.1, 0.15) is 6.61 Å². The largest absolute Gasteiger partial charge is 0.481 e. The lowest BCUT2D eigenvalue weighted by Crippen LogP contribution is -2.45. The minimum absolute atomic E-state index is 0.233. The Bertz CT molecular complexity index is 376. The summed E-state index contributed by atoms with van der Waals surface area (Å²) in [4.78, 5) is 8.18. The Hall–Kier alpha value is -1.36. The molecule has 5 nitrogen and oxygen atoms in total. The number of ether oxygens (including phenoxy) is 2. The molecular weight excluding hydrogens is 230 g/mol. The average molecular weight is 251 g/mol. The molecule has 0 aliphatic heterocycles. The van der Waals surface area contributed by atoms with Gasteiger partial charge in [-0.25, -0.2) is 4.98 Å². The second-order valence-corrected chi connectivity index (χ2v) is 4.95. The van der Waals surface area contributed by atoms with Crippen LogP contribution in [0.4, 0.5) is 0 Å². The van der Waals surface area contributed by atoms with Crippen LogP contribution in [0.2, 0.25) is 0 Å². The molecule has 18 heavy (non-hydrogen) atoms. The highest BCUT2D eigenvalue weighted by Crippen LogP contribution is 2.25. The standard InChI is InChI=1S/C13H21N3O2/c1-17-11-6-9-15-12(16-11)18-10-13(14)7-4-2-3-5-8-13/h6,9H,2-5,7-8,10,14H2,1H3. The predicted octanol–water partition coefficient (Wildman–Crippen LogP) is 1.92. The summed E-state index contributed by atoms with van der Waals surface area (Å²) >= 11 is 0. The Labute approximate surface area is 108 Å². The molecule has 0 radical (unpaired) electrons. The van der Waals surface area contributed by atoms with Crippen molar-refractivity contribution in [1.29, 1.82) is 0 Å². The fraction of sp³-hybridized carbons (Fsp3) is 0.692. The third-order valence-corrected chi connectivity index (χ3v) is 3.41. The monoisotopic (exact) mass is 251 g/mol. The molecule has 1 aromatic heterocycles. The molecule has 0 bridgehead atoms. The molecule has 0 aromatic carbocycles. The first-order valence-corrected chi connectivity index (χ1v) is 6.51. The number of rotatable bonds is 4. The first kappa shape index (κ1) is 13.1. The molecule has 100 valence electrons. The molecule has 0 unspecified atom stereocenters. The van der Waals surface area contributed by atoms with Crippen LogP contribution in [0.5, 0.6) is 11.9 Å². The van der Waals surface area contributed by atoms with E-state index >= 15 is 0 Å². The molecule has 0 amide bonds. The fourth-order valence-corrected chi connectivity index (χ4v) is 2.29. The highest BCUT2D eigenvalue weighted by Gasteiger charge is 2.27. The Morgan fingerprint density at radius 1 is 1.28 bits per heavy atom. The first-order valence-electron chi connectivity index (χ1n) is 6.51. The lowest BCUT2D eigenvalue weighted by Gasteiger charge is -2.27. The van der Waals surface area contributed by atoms with Gasteiger partial charge in [0.25, 0.3) is 0 Å². The SMILES string of the molecule is COc1ccnc(OCC2(N)CCCCCC2)n1. The molecular formula is C13H21N3O2. The Morgan fingerprint density at radius 2 is 2.00 bits per heavy atom. The Kier molecular flexibility index (Phi) is 4.36. The lowest BCUT2D eigenvalue weighted by molar-refractivity contribution is 0.185. The van der Waals surface area contributed by atoms with E-state index in [-0.39, 0.29) is 5.54 Å². The van der Waals surface area contributed by atoms with Crippen molar-refractivity contribution in [3.05, 3.63) is 12.3 Å². The summed E-state index contributed by atoms with van der Waals surface area (Å²) in [5.74, 6) is 0.506. The van der Waals surface area contributed by atoms with Gasteiger partial charge in [-0.15, -0.1) is 0 Å². The van der Waals surface area contributed by atoms with E-state index in [0.29, 0.717) is 18.5 Å². The van der Waals surface area contributed by atoms with Gasteiger partial charge in [0.05, 0.1) is 12.6 Å². The summed E-state index contributed by atoms with van der Waals surface area (Å²) in [6, 6.07) is 2.03. The van der Waals surface area contributed by atoms with Crippen molar-refractivity contribution < 1.29 is 9.47 Å². The molecule has 0 spiro atoms. The highest BCUT2D eigenvalue weighted by atomic mass is 16.5. The van der Waals surface area contributed by atoms with Crippen LogP contribution in [0.25, 0.3) is 0 Å². The van der Waals surface area contributed by atoms with E-state index in [9.17, 15) is 0 Å². The number of hydrogen-bond donors (Lipinski definition) is 1. The van der Waals surface area contributed by atoms with Crippen molar-refractivity contribution in [2.24, 2.45) is 5.73 Å². The van der Waals surface area contributed by atoms with Crippen LogP contribution in [0.15, 0.2) is 12.3 Å². The molecule has 1 fully saturated rings. The van der Waals surface area contributed by atoms with Gasteiger partial charge in [0.15, 0.2) is 0 Å². The van der Waals surface area contributed by atoms with Crippen molar-refractivity contribution in [3.63, 3.8) is 0 Å². The van der Waals surface area contributed by atoms with E-state index in [1.165, 1.54) is 25.7 Å². The maximum Gasteiger partial charge on any atom is 0.319 e. The number of hydrogen-bond acceptors (Lipinski definition) is 5. The third-order valence-electron chi connectivity index (χ3n) is 3.41. The Balaban J connectivity index is 1.92. The second-order valence-electron chi connectivity index (χ2n) is 4.95. The number of nitrogens with two attached hydrogens (primary N) is 1. The van der Waals surface area contributed by atoms with E-state index in [0.717, 1.165) is 12.8 Å². The van der Waals surface area contributed by atoms with Crippen molar-refractivity contribution in [3.8, 4) is 11.9 Å². The normalized spacial score (nSPS) is 19.0. The van der Waals surface area contributed by atoms with Gasteiger partial charge in [-0.1, -0.05) is 25.7 Å². The van der Waals surface area contributed by atoms with E-state index in [1.54, 1.807) is 19.4 Å². The van der Waals surface area contributed by atoms with E-state index in [1.807, 2.05) is 0 Å². The molecule has 1 aliphatic rings. The van der Waals surface area contributed by atoms with Crippen LogP contribution in [-0.4, -0.2) is 29.2 Å². The average Bonchev–Trinajstić information content (AvgIpc) is 2.62. The maximum absolute atomic E-state index is 6.37. The molecule has 1 aliphatic carbocycles. The van der Waals surface area contributed by atoms with E-state index in [2.05, 4.69) is 9.97 Å². The summed E-state index contributed by atoms with van der Waals surface area (Å²) < 4.78 is 10.6. The molecule has 1 heterocycles. The highest BCUT2D eigenvalue weighted by molar-refractivity contribution is 5.11. The Morgan fingerprint density at radius 3 is 2.67 bits per heavy atom. The number of aromatic nitrogens is 2. The van der Waals surface area contributed by atoms with Crippen molar-refractivity contribution in [2.75, 3.05) is 13.7 Å². The van der Waals surface area contributed by atoms with Gasteiger partial charge in [-0.3, -0.25) is 0 Å². The van der Waals surface area contributed by atoms with Gasteiger partial charge in [0.2, 0.25) is 5.88 Å². The quantitative estimate of drug-likeness (QED) is 0.828. The van der Waals surface area contributed by atoms with Gasteiger partial charge >= 0.3 is 6.01 Å². The zero-order valence-electron chi connectivity index (χ0n) is 10.9. The molecule has 0 atom stereocenters. The van der Waals surface area contributed by atoms with Gasteiger partial charge in [-0.05, 0) is 12.8 Å². The molecule has 5 heteroatoms. The van der Waals surface area contributed by atoms with Gasteiger partial charge in [0, 0.05) is 12.3 Å². The molecule has 1 saturated carbocycles. The lowest BCUT2D eigenvalue weighted by atomic mass is 9.93. The molecule has 2 N–H and O–H groups in total. The summed E-state index contributed by atoms with van der Waals surface area (Å²) in [6.45, 7) is 0.472. The van der Waals surface area contributed by atoms with Crippen LogP contribution >= 0.6 is 0 Å².